The van der Waals surface area contributed by atoms with Crippen molar-refractivity contribution in [3.63, 3.8) is 0 Å². The lowest BCUT2D eigenvalue weighted by molar-refractivity contribution is 0.0680. The highest BCUT2D eigenvalue weighted by Gasteiger charge is 2.24. The van der Waals surface area contributed by atoms with Gasteiger partial charge in [-0.1, -0.05) is 25.5 Å². The summed E-state index contributed by atoms with van der Waals surface area (Å²) < 4.78 is 6.25. The molecule has 7 heteroatoms. The van der Waals surface area contributed by atoms with Gasteiger partial charge in [0.2, 0.25) is 0 Å². The average Bonchev–Trinajstić information content (AvgIpc) is 3.04. The molecule has 1 aliphatic rings. The first-order chi connectivity index (χ1) is 9.61. The van der Waals surface area contributed by atoms with Gasteiger partial charge in [0.25, 0.3) is 0 Å². The molecule has 2 rings (SSSR count). The zero-order valence-electron chi connectivity index (χ0n) is 11.0. The Balaban J connectivity index is 2.14. The standard InChI is InChI=1S/C13H17N3O4/c1-2-7-20-13(19)14-11-8-10(12(17)18)16(15-11)9-5-3-4-6-9/h2,8-9H,1,3-7H2,(H,17,18)(H,14,15,19). The Labute approximate surface area is 116 Å². The molecule has 1 aromatic heterocycles. The molecule has 1 saturated carbocycles. The van der Waals surface area contributed by atoms with Gasteiger partial charge in [0.05, 0.1) is 6.04 Å². The highest BCUT2D eigenvalue weighted by Crippen LogP contribution is 2.31. The second kappa shape index (κ2) is 6.23. The van der Waals surface area contributed by atoms with Crippen LogP contribution in [0.3, 0.4) is 0 Å². The Bertz CT molecular complexity index is 518. The minimum atomic E-state index is -1.06. The van der Waals surface area contributed by atoms with E-state index in [0.29, 0.717) is 0 Å². The average molecular weight is 279 g/mol. The number of carboxylic acid groups (broad SMARTS) is 1. The molecule has 0 saturated heterocycles. The molecule has 0 atom stereocenters. The van der Waals surface area contributed by atoms with Crippen molar-refractivity contribution in [2.45, 2.75) is 31.7 Å². The van der Waals surface area contributed by atoms with E-state index < -0.39 is 12.1 Å². The smallest absolute Gasteiger partial charge is 0.413 e. The van der Waals surface area contributed by atoms with Crippen LogP contribution in [0.4, 0.5) is 10.6 Å². The molecule has 0 aliphatic heterocycles. The maximum absolute atomic E-state index is 11.4. The van der Waals surface area contributed by atoms with Crippen LogP contribution in [-0.2, 0) is 4.74 Å². The molecule has 0 spiro atoms. The number of carbonyl (C=O) groups is 2. The maximum atomic E-state index is 11.4. The number of nitrogens with one attached hydrogen (secondary N) is 1. The molecule has 0 unspecified atom stereocenters. The highest BCUT2D eigenvalue weighted by molar-refractivity contribution is 5.89. The molecule has 7 nitrogen and oxygen atoms in total. The Kier molecular flexibility index (Phi) is 4.39. The minimum absolute atomic E-state index is 0.0796. The van der Waals surface area contributed by atoms with E-state index >= 15 is 0 Å². The first-order valence-corrected chi connectivity index (χ1v) is 6.49. The van der Waals surface area contributed by atoms with E-state index in [0.717, 1.165) is 25.7 Å². The van der Waals surface area contributed by atoms with Gasteiger partial charge in [-0.25, -0.2) is 9.59 Å². The van der Waals surface area contributed by atoms with Crippen molar-refractivity contribution in [3.8, 4) is 0 Å². The molecular weight excluding hydrogens is 262 g/mol. The van der Waals surface area contributed by atoms with Crippen LogP contribution in [0, 0.1) is 0 Å². The van der Waals surface area contributed by atoms with E-state index in [1.807, 2.05) is 0 Å². The third-order valence-corrected chi connectivity index (χ3v) is 3.19. The number of rotatable bonds is 5. The Morgan fingerprint density at radius 1 is 1.55 bits per heavy atom. The summed E-state index contributed by atoms with van der Waals surface area (Å²) in [5, 5.41) is 15.8. The number of aromatic carboxylic acids is 1. The summed E-state index contributed by atoms with van der Waals surface area (Å²) in [6.07, 6.45) is 4.70. The topological polar surface area (TPSA) is 93.5 Å². The summed E-state index contributed by atoms with van der Waals surface area (Å²) in [7, 11) is 0. The zero-order chi connectivity index (χ0) is 14.5. The van der Waals surface area contributed by atoms with Gasteiger partial charge in [0, 0.05) is 6.07 Å². The normalized spacial score (nSPS) is 15.0. The molecule has 1 heterocycles. The number of amides is 1. The lowest BCUT2D eigenvalue weighted by Gasteiger charge is -2.11. The van der Waals surface area contributed by atoms with Crippen molar-refractivity contribution in [2.75, 3.05) is 11.9 Å². The van der Waals surface area contributed by atoms with E-state index in [2.05, 4.69) is 17.0 Å². The van der Waals surface area contributed by atoms with Crippen LogP contribution in [0.15, 0.2) is 18.7 Å². The first-order valence-electron chi connectivity index (χ1n) is 6.49. The predicted octanol–water partition coefficient (Wildman–Crippen LogP) is 2.43. The molecule has 20 heavy (non-hydrogen) atoms. The maximum Gasteiger partial charge on any atom is 0.413 e. The van der Waals surface area contributed by atoms with Gasteiger partial charge in [-0.05, 0) is 12.8 Å². The quantitative estimate of drug-likeness (QED) is 0.807. The van der Waals surface area contributed by atoms with E-state index in [-0.39, 0.29) is 24.2 Å². The molecule has 1 fully saturated rings. The summed E-state index contributed by atoms with van der Waals surface area (Å²) in [6, 6.07) is 1.43. The van der Waals surface area contributed by atoms with Crippen LogP contribution in [0.25, 0.3) is 0 Å². The Morgan fingerprint density at radius 2 is 2.25 bits per heavy atom. The fourth-order valence-electron chi connectivity index (χ4n) is 2.32. The first kappa shape index (κ1) is 14.1. The number of aromatic nitrogens is 2. The zero-order valence-corrected chi connectivity index (χ0v) is 11.0. The largest absolute Gasteiger partial charge is 0.477 e. The summed E-state index contributed by atoms with van der Waals surface area (Å²) in [6.45, 7) is 3.52. The molecule has 2 N–H and O–H groups in total. The van der Waals surface area contributed by atoms with Crippen molar-refractivity contribution in [1.82, 2.24) is 9.78 Å². The van der Waals surface area contributed by atoms with Gasteiger partial charge in [-0.15, -0.1) is 0 Å². The SMILES string of the molecule is C=CCOC(=O)Nc1cc(C(=O)O)n(C2CCCC2)n1. The highest BCUT2D eigenvalue weighted by atomic mass is 16.5. The molecule has 1 amide bonds. The van der Waals surface area contributed by atoms with Crippen LogP contribution in [-0.4, -0.2) is 33.6 Å². The number of nitrogens with zero attached hydrogens (tertiary/aromatic N) is 2. The van der Waals surface area contributed by atoms with Crippen LogP contribution < -0.4 is 5.32 Å². The van der Waals surface area contributed by atoms with Gasteiger partial charge < -0.3 is 9.84 Å². The second-order valence-corrected chi connectivity index (χ2v) is 4.61. The van der Waals surface area contributed by atoms with Crippen LogP contribution in [0.2, 0.25) is 0 Å². The van der Waals surface area contributed by atoms with Crippen molar-refractivity contribution < 1.29 is 19.4 Å². The van der Waals surface area contributed by atoms with Crippen LogP contribution in [0.1, 0.15) is 42.2 Å². The number of carboxylic acids is 1. The molecule has 1 aromatic rings. The fourth-order valence-corrected chi connectivity index (χ4v) is 2.32. The second-order valence-electron chi connectivity index (χ2n) is 4.61. The van der Waals surface area contributed by atoms with Crippen molar-refractivity contribution in [3.05, 3.63) is 24.4 Å². The summed E-state index contributed by atoms with van der Waals surface area (Å²) >= 11 is 0. The lowest BCUT2D eigenvalue weighted by atomic mass is 10.2. The molecule has 108 valence electrons. The van der Waals surface area contributed by atoms with Crippen molar-refractivity contribution in [2.24, 2.45) is 0 Å². The summed E-state index contributed by atoms with van der Waals surface area (Å²) in [4.78, 5) is 22.6. The van der Waals surface area contributed by atoms with Crippen molar-refractivity contribution >= 4 is 17.9 Å². The molecule has 0 aromatic carbocycles. The van der Waals surface area contributed by atoms with E-state index in [1.54, 1.807) is 0 Å². The van der Waals surface area contributed by atoms with Crippen LogP contribution >= 0.6 is 0 Å². The van der Waals surface area contributed by atoms with E-state index in [4.69, 9.17) is 4.74 Å². The molecular formula is C13H17N3O4. The van der Waals surface area contributed by atoms with Crippen LogP contribution in [0.5, 0.6) is 0 Å². The third kappa shape index (κ3) is 3.17. The van der Waals surface area contributed by atoms with Gasteiger partial charge in [0.15, 0.2) is 5.82 Å². The summed E-state index contributed by atoms with van der Waals surface area (Å²) in [5.74, 6) is -0.875. The minimum Gasteiger partial charge on any atom is -0.477 e. The van der Waals surface area contributed by atoms with E-state index in [9.17, 15) is 14.7 Å². The molecule has 0 bridgehead atoms. The van der Waals surface area contributed by atoms with Gasteiger partial charge in [-0.2, -0.15) is 5.10 Å². The monoisotopic (exact) mass is 279 g/mol. The number of hydrogen-bond acceptors (Lipinski definition) is 4. The Hall–Kier alpha value is -2.31. The van der Waals surface area contributed by atoms with E-state index in [1.165, 1.54) is 16.8 Å². The van der Waals surface area contributed by atoms with Gasteiger partial charge in [0.1, 0.15) is 12.3 Å². The van der Waals surface area contributed by atoms with Gasteiger partial charge in [-0.3, -0.25) is 10.00 Å². The summed E-state index contributed by atoms with van der Waals surface area (Å²) in [5.41, 5.74) is 0.0796. The van der Waals surface area contributed by atoms with Gasteiger partial charge >= 0.3 is 12.1 Å². The predicted molar refractivity (Wildman–Crippen MR) is 71.9 cm³/mol. The lowest BCUT2D eigenvalue weighted by Crippen LogP contribution is -2.16. The Morgan fingerprint density at radius 3 is 2.85 bits per heavy atom. The third-order valence-electron chi connectivity index (χ3n) is 3.19. The number of hydrogen-bond donors (Lipinski definition) is 2. The van der Waals surface area contributed by atoms with Crippen molar-refractivity contribution in [1.29, 1.82) is 0 Å². The molecule has 0 radical (unpaired) electrons. The number of ether oxygens (including phenoxy) is 1. The number of carbonyl (C=O) groups excluding carboxylic acids is 1. The number of anilines is 1. The fraction of sp³-hybridized carbons (Fsp3) is 0.462. The molecule has 1 aliphatic carbocycles.